The number of benzene rings is 2. The fourth-order valence-electron chi connectivity index (χ4n) is 2.30. The van der Waals surface area contributed by atoms with Crippen molar-refractivity contribution in [2.24, 2.45) is 5.73 Å². The molecule has 0 spiro atoms. The molecule has 2 aromatic carbocycles. The molecule has 0 aliphatic heterocycles. The second-order valence-electron chi connectivity index (χ2n) is 5.99. The lowest BCUT2D eigenvalue weighted by Gasteiger charge is -2.15. The maximum atomic E-state index is 14.0. The molecule has 0 aliphatic carbocycles. The van der Waals surface area contributed by atoms with E-state index in [1.807, 2.05) is 5.32 Å². The monoisotopic (exact) mass is 438 g/mol. The molecule has 5 nitrogen and oxygen atoms in total. The quantitative estimate of drug-likeness (QED) is 0.676. The van der Waals surface area contributed by atoms with Crippen LogP contribution in [0.25, 0.3) is 0 Å². The van der Waals surface area contributed by atoms with Crippen molar-refractivity contribution >= 4 is 11.8 Å². The summed E-state index contributed by atoms with van der Waals surface area (Å²) in [6.07, 6.45) is -10.0. The first kappa shape index (κ1) is 23.0. The van der Waals surface area contributed by atoms with Gasteiger partial charge in [-0.2, -0.15) is 26.3 Å². The number of halogens is 7. The Morgan fingerprint density at radius 2 is 1.50 bits per heavy atom. The van der Waals surface area contributed by atoms with Gasteiger partial charge in [0.15, 0.2) is 0 Å². The van der Waals surface area contributed by atoms with Gasteiger partial charge in [-0.3, -0.25) is 9.59 Å². The first-order valence-electron chi connectivity index (χ1n) is 8.04. The second kappa shape index (κ2) is 8.59. The predicted molar refractivity (Wildman–Crippen MR) is 88.7 cm³/mol. The highest BCUT2D eigenvalue weighted by molar-refractivity contribution is 5.96. The second-order valence-corrected chi connectivity index (χ2v) is 5.99. The van der Waals surface area contributed by atoms with Crippen LogP contribution in [0, 0.1) is 5.82 Å². The average molecular weight is 438 g/mol. The van der Waals surface area contributed by atoms with Crippen molar-refractivity contribution in [3.05, 3.63) is 64.5 Å². The number of alkyl halides is 6. The molecule has 2 amide bonds. The SMILES string of the molecule is NC(=O)CNC(=O)c1ccc(OCc2cc(C(F)(F)F)cc(C(F)(F)F)c2)cc1F. The van der Waals surface area contributed by atoms with E-state index in [4.69, 9.17) is 10.5 Å². The third-order valence-corrected chi connectivity index (χ3v) is 3.66. The van der Waals surface area contributed by atoms with E-state index in [-0.39, 0.29) is 11.8 Å². The van der Waals surface area contributed by atoms with Gasteiger partial charge in [0.2, 0.25) is 5.91 Å². The molecule has 0 saturated carbocycles. The molecule has 0 saturated heterocycles. The normalized spacial score (nSPS) is 11.8. The fourth-order valence-corrected chi connectivity index (χ4v) is 2.30. The van der Waals surface area contributed by atoms with Crippen LogP contribution in [0.15, 0.2) is 36.4 Å². The Labute approximate surface area is 164 Å². The smallest absolute Gasteiger partial charge is 0.416 e. The number of hydrogen-bond acceptors (Lipinski definition) is 3. The Hall–Kier alpha value is -3.31. The molecule has 162 valence electrons. The van der Waals surface area contributed by atoms with Gasteiger partial charge in [0.05, 0.1) is 23.2 Å². The minimum absolute atomic E-state index is 0.0251. The van der Waals surface area contributed by atoms with Crippen LogP contribution in [0.1, 0.15) is 27.0 Å². The summed E-state index contributed by atoms with van der Waals surface area (Å²) in [4.78, 5) is 22.3. The van der Waals surface area contributed by atoms with Crippen molar-refractivity contribution in [1.82, 2.24) is 5.32 Å². The first-order valence-corrected chi connectivity index (χ1v) is 8.04. The summed E-state index contributed by atoms with van der Waals surface area (Å²) in [7, 11) is 0. The summed E-state index contributed by atoms with van der Waals surface area (Å²) in [5.41, 5.74) is 0.907. The number of nitrogens with two attached hydrogens (primary N) is 1. The van der Waals surface area contributed by atoms with Crippen LogP contribution in [-0.4, -0.2) is 18.4 Å². The van der Waals surface area contributed by atoms with E-state index in [9.17, 15) is 40.3 Å². The Morgan fingerprint density at radius 1 is 0.933 bits per heavy atom. The topological polar surface area (TPSA) is 81.4 Å². The van der Waals surface area contributed by atoms with Gasteiger partial charge in [0.1, 0.15) is 18.2 Å². The van der Waals surface area contributed by atoms with Crippen molar-refractivity contribution < 1.29 is 45.1 Å². The zero-order valence-electron chi connectivity index (χ0n) is 14.8. The Bertz CT molecular complexity index is 924. The zero-order chi connectivity index (χ0) is 22.7. The van der Waals surface area contributed by atoms with Crippen LogP contribution in [0.5, 0.6) is 5.75 Å². The molecule has 0 atom stereocenters. The number of nitrogens with one attached hydrogen (secondary N) is 1. The third-order valence-electron chi connectivity index (χ3n) is 3.66. The summed E-state index contributed by atoms with van der Waals surface area (Å²) in [5, 5.41) is 2.05. The molecule has 30 heavy (non-hydrogen) atoms. The van der Waals surface area contributed by atoms with Crippen LogP contribution in [-0.2, 0) is 23.8 Å². The van der Waals surface area contributed by atoms with Crippen LogP contribution in [0.4, 0.5) is 30.7 Å². The maximum Gasteiger partial charge on any atom is 0.416 e. The molecule has 0 heterocycles. The number of carbonyl (C=O) groups is 2. The van der Waals surface area contributed by atoms with Crippen molar-refractivity contribution in [3.63, 3.8) is 0 Å². The average Bonchev–Trinajstić information content (AvgIpc) is 2.63. The summed E-state index contributed by atoms with van der Waals surface area (Å²) in [6.45, 7) is -1.26. The Kier molecular flexibility index (Phi) is 6.58. The first-order chi connectivity index (χ1) is 13.8. The van der Waals surface area contributed by atoms with Crippen molar-refractivity contribution in [1.29, 1.82) is 0 Å². The van der Waals surface area contributed by atoms with Crippen LogP contribution >= 0.6 is 0 Å². The molecule has 0 bridgehead atoms. The van der Waals surface area contributed by atoms with Gasteiger partial charge in [-0.15, -0.1) is 0 Å². The van der Waals surface area contributed by atoms with E-state index in [0.29, 0.717) is 12.1 Å². The van der Waals surface area contributed by atoms with Crippen LogP contribution < -0.4 is 15.8 Å². The van der Waals surface area contributed by atoms with Gasteiger partial charge in [-0.25, -0.2) is 4.39 Å². The van der Waals surface area contributed by atoms with Crippen LogP contribution in [0.2, 0.25) is 0 Å². The van der Waals surface area contributed by atoms with Gasteiger partial charge in [0, 0.05) is 6.07 Å². The van der Waals surface area contributed by atoms with Crippen molar-refractivity contribution in [2.45, 2.75) is 19.0 Å². The van der Waals surface area contributed by atoms with E-state index in [0.717, 1.165) is 18.2 Å². The minimum atomic E-state index is -5.01. The largest absolute Gasteiger partial charge is 0.489 e. The summed E-state index contributed by atoms with van der Waals surface area (Å²) >= 11 is 0. The molecule has 2 rings (SSSR count). The van der Waals surface area contributed by atoms with Crippen molar-refractivity contribution in [3.8, 4) is 5.75 Å². The van der Waals surface area contributed by atoms with Gasteiger partial charge in [-0.05, 0) is 35.9 Å². The number of ether oxygens (including phenoxy) is 1. The molecular formula is C18H13F7N2O3. The van der Waals surface area contributed by atoms with Gasteiger partial charge in [0.25, 0.3) is 5.91 Å². The highest BCUT2D eigenvalue weighted by Gasteiger charge is 2.36. The molecule has 3 N–H and O–H groups in total. The summed E-state index contributed by atoms with van der Waals surface area (Å²) in [5.74, 6) is -3.15. The Balaban J connectivity index is 2.20. The number of amides is 2. The molecule has 12 heteroatoms. The highest BCUT2D eigenvalue weighted by atomic mass is 19.4. The number of hydrogen-bond donors (Lipinski definition) is 2. The van der Waals surface area contributed by atoms with Crippen molar-refractivity contribution in [2.75, 3.05) is 6.54 Å². The number of rotatable bonds is 6. The summed E-state index contributed by atoms with van der Waals surface area (Å²) < 4.78 is 96.3. The maximum absolute atomic E-state index is 14.0. The van der Waals surface area contributed by atoms with Crippen LogP contribution in [0.3, 0.4) is 0 Å². The summed E-state index contributed by atoms with van der Waals surface area (Å²) in [6, 6.07) is 3.71. The van der Waals surface area contributed by atoms with Gasteiger partial charge < -0.3 is 15.8 Å². The molecule has 0 radical (unpaired) electrons. The minimum Gasteiger partial charge on any atom is -0.489 e. The third kappa shape index (κ3) is 6.09. The molecule has 0 aromatic heterocycles. The number of primary amides is 1. The lowest BCUT2D eigenvalue weighted by atomic mass is 10.1. The highest BCUT2D eigenvalue weighted by Crippen LogP contribution is 2.36. The van der Waals surface area contributed by atoms with Gasteiger partial charge >= 0.3 is 12.4 Å². The van der Waals surface area contributed by atoms with Gasteiger partial charge in [-0.1, -0.05) is 0 Å². The molecule has 0 unspecified atom stereocenters. The molecular weight excluding hydrogens is 425 g/mol. The van der Waals surface area contributed by atoms with E-state index >= 15 is 0 Å². The van der Waals surface area contributed by atoms with E-state index in [1.54, 1.807) is 0 Å². The zero-order valence-corrected chi connectivity index (χ0v) is 14.8. The number of carbonyl (C=O) groups excluding carboxylic acids is 2. The standard InChI is InChI=1S/C18H13F7N2O3/c19-14-6-12(1-2-13(14)16(29)27-7-15(26)28)30-8-9-3-10(17(20,21)22)5-11(4-9)18(23,24)25/h1-6H,7-8H2,(H2,26,28)(H,27,29). The predicted octanol–water partition coefficient (Wildman–Crippen LogP) is 3.66. The molecule has 0 fully saturated rings. The fraction of sp³-hybridized carbons (Fsp3) is 0.222. The molecule has 2 aromatic rings. The van der Waals surface area contributed by atoms with E-state index in [1.165, 1.54) is 0 Å². The molecule has 0 aliphatic rings. The lowest BCUT2D eigenvalue weighted by molar-refractivity contribution is -0.143. The van der Waals surface area contributed by atoms with E-state index < -0.39 is 65.4 Å². The van der Waals surface area contributed by atoms with E-state index in [2.05, 4.69) is 0 Å². The Morgan fingerprint density at radius 3 is 1.97 bits per heavy atom. The lowest BCUT2D eigenvalue weighted by Crippen LogP contribution is -2.33.